The van der Waals surface area contributed by atoms with Gasteiger partial charge in [0.05, 0.1) is 6.04 Å². The van der Waals surface area contributed by atoms with E-state index in [4.69, 9.17) is 0 Å². The molecular formula is C8H17NOS2. The van der Waals surface area contributed by atoms with Crippen LogP contribution in [0.3, 0.4) is 0 Å². The summed E-state index contributed by atoms with van der Waals surface area (Å²) in [7, 11) is 1.98. The maximum Gasteiger partial charge on any atom is 0.130 e. The van der Waals surface area contributed by atoms with Crippen LogP contribution in [0.4, 0.5) is 0 Å². The lowest BCUT2D eigenvalue weighted by molar-refractivity contribution is 0.390. The van der Waals surface area contributed by atoms with Crippen LogP contribution in [-0.2, 0) is 11.4 Å². The van der Waals surface area contributed by atoms with Crippen LogP contribution in [0.15, 0.2) is 0 Å². The van der Waals surface area contributed by atoms with E-state index in [9.17, 15) is 4.55 Å². The van der Waals surface area contributed by atoms with Crippen molar-refractivity contribution in [2.45, 2.75) is 31.6 Å². The first-order chi connectivity index (χ1) is 5.63. The molecule has 0 aromatic heterocycles. The van der Waals surface area contributed by atoms with E-state index in [1.165, 1.54) is 12.2 Å². The smallest absolute Gasteiger partial charge is 0.130 e. The van der Waals surface area contributed by atoms with E-state index in [1.54, 1.807) is 0 Å². The van der Waals surface area contributed by atoms with E-state index >= 15 is 0 Å². The van der Waals surface area contributed by atoms with E-state index in [-0.39, 0.29) is 5.25 Å². The van der Waals surface area contributed by atoms with Gasteiger partial charge in [-0.1, -0.05) is 0 Å². The van der Waals surface area contributed by atoms with Gasteiger partial charge in [-0.05, 0) is 26.0 Å². The molecule has 12 heavy (non-hydrogen) atoms. The lowest BCUT2D eigenvalue weighted by Gasteiger charge is -2.27. The molecule has 4 heteroatoms. The lowest BCUT2D eigenvalue weighted by Crippen LogP contribution is -2.40. The highest BCUT2D eigenvalue weighted by atomic mass is 32.2. The SMILES string of the molecule is CC(C)[S@@+]([O-])N(C)[C@@H]1CCSC1. The molecule has 1 rings (SSSR count). The second-order valence-corrected chi connectivity index (χ2v) is 6.61. The van der Waals surface area contributed by atoms with Gasteiger partial charge in [-0.3, -0.25) is 0 Å². The fourth-order valence-electron chi connectivity index (χ4n) is 1.29. The van der Waals surface area contributed by atoms with Crippen molar-refractivity contribution in [1.82, 2.24) is 4.31 Å². The van der Waals surface area contributed by atoms with E-state index < -0.39 is 11.4 Å². The van der Waals surface area contributed by atoms with Crippen molar-refractivity contribution in [2.24, 2.45) is 0 Å². The van der Waals surface area contributed by atoms with Crippen LogP contribution in [-0.4, -0.2) is 38.7 Å². The van der Waals surface area contributed by atoms with Crippen molar-refractivity contribution in [3.8, 4) is 0 Å². The molecular weight excluding hydrogens is 190 g/mol. The van der Waals surface area contributed by atoms with Gasteiger partial charge < -0.3 is 4.55 Å². The van der Waals surface area contributed by atoms with E-state index in [0.717, 1.165) is 5.75 Å². The average molecular weight is 207 g/mol. The molecule has 1 aliphatic rings. The first-order valence-corrected chi connectivity index (χ1v) is 6.66. The van der Waals surface area contributed by atoms with Gasteiger partial charge in [0.25, 0.3) is 0 Å². The topological polar surface area (TPSA) is 26.3 Å². The van der Waals surface area contributed by atoms with Crippen LogP contribution in [0, 0.1) is 0 Å². The molecule has 72 valence electrons. The van der Waals surface area contributed by atoms with Gasteiger partial charge in [-0.25, -0.2) is 0 Å². The lowest BCUT2D eigenvalue weighted by atomic mass is 10.3. The number of hydrogen-bond donors (Lipinski definition) is 0. The fraction of sp³-hybridized carbons (Fsp3) is 1.00. The minimum Gasteiger partial charge on any atom is -0.598 e. The highest BCUT2D eigenvalue weighted by molar-refractivity contribution is 7.99. The van der Waals surface area contributed by atoms with Crippen LogP contribution in [0.2, 0.25) is 0 Å². The Bertz CT molecular complexity index is 135. The van der Waals surface area contributed by atoms with Gasteiger partial charge >= 0.3 is 0 Å². The molecule has 0 aromatic carbocycles. The van der Waals surface area contributed by atoms with Crippen molar-refractivity contribution >= 4 is 23.1 Å². The third kappa shape index (κ3) is 2.55. The Morgan fingerprint density at radius 1 is 1.58 bits per heavy atom. The maximum absolute atomic E-state index is 11.7. The second kappa shape index (κ2) is 4.74. The van der Waals surface area contributed by atoms with Crippen molar-refractivity contribution in [2.75, 3.05) is 18.6 Å². The minimum absolute atomic E-state index is 0.251. The van der Waals surface area contributed by atoms with E-state index in [0.29, 0.717) is 6.04 Å². The van der Waals surface area contributed by atoms with E-state index in [1.807, 2.05) is 37.0 Å². The van der Waals surface area contributed by atoms with Gasteiger partial charge in [-0.15, -0.1) is 4.31 Å². The van der Waals surface area contributed by atoms with Gasteiger partial charge in [0, 0.05) is 24.2 Å². The molecule has 0 bridgehead atoms. The van der Waals surface area contributed by atoms with Gasteiger partial charge in [-0.2, -0.15) is 11.8 Å². The van der Waals surface area contributed by atoms with Crippen LogP contribution >= 0.6 is 11.8 Å². The predicted octanol–water partition coefficient (Wildman–Crippen LogP) is 1.50. The zero-order valence-corrected chi connectivity index (χ0v) is 9.58. The highest BCUT2D eigenvalue weighted by Gasteiger charge is 2.29. The van der Waals surface area contributed by atoms with Gasteiger partial charge in [0.1, 0.15) is 5.25 Å². The normalized spacial score (nSPS) is 27.0. The van der Waals surface area contributed by atoms with Crippen molar-refractivity contribution in [3.05, 3.63) is 0 Å². The molecule has 1 aliphatic heterocycles. The third-order valence-corrected chi connectivity index (χ3v) is 4.92. The first kappa shape index (κ1) is 10.7. The monoisotopic (exact) mass is 207 g/mol. The summed E-state index contributed by atoms with van der Waals surface area (Å²) < 4.78 is 13.7. The highest BCUT2D eigenvalue weighted by Crippen LogP contribution is 2.24. The molecule has 0 amide bonds. The second-order valence-electron chi connectivity index (χ2n) is 3.39. The molecule has 2 nitrogen and oxygen atoms in total. The number of rotatable bonds is 3. The molecule has 0 radical (unpaired) electrons. The summed E-state index contributed by atoms with van der Waals surface area (Å²) >= 11 is 1.18. The fourth-order valence-corrected chi connectivity index (χ4v) is 3.79. The van der Waals surface area contributed by atoms with Crippen molar-refractivity contribution in [1.29, 1.82) is 0 Å². The maximum atomic E-state index is 11.7. The molecule has 1 saturated heterocycles. The van der Waals surface area contributed by atoms with E-state index in [2.05, 4.69) is 0 Å². The summed E-state index contributed by atoms with van der Waals surface area (Å²) in [5.74, 6) is 2.37. The molecule has 0 unspecified atom stereocenters. The summed E-state index contributed by atoms with van der Waals surface area (Å²) in [5.41, 5.74) is 0. The van der Waals surface area contributed by atoms with Crippen molar-refractivity contribution < 1.29 is 4.55 Å². The van der Waals surface area contributed by atoms with Crippen LogP contribution in [0.1, 0.15) is 20.3 Å². The third-order valence-electron chi connectivity index (χ3n) is 2.11. The summed E-state index contributed by atoms with van der Waals surface area (Å²) in [4.78, 5) is 0. The largest absolute Gasteiger partial charge is 0.598 e. The Morgan fingerprint density at radius 3 is 2.67 bits per heavy atom. The van der Waals surface area contributed by atoms with Crippen LogP contribution < -0.4 is 0 Å². The summed E-state index contributed by atoms with van der Waals surface area (Å²) in [5, 5.41) is 0.251. The molecule has 0 saturated carbocycles. The zero-order chi connectivity index (χ0) is 9.14. The molecule has 0 N–H and O–H groups in total. The standard InChI is InChI=1S/C8H17NOS2/c1-7(2)12(10)9(3)8-4-5-11-6-8/h7-8H,4-6H2,1-3H3/t8-,12-/m1/s1. The van der Waals surface area contributed by atoms with Crippen LogP contribution in [0.25, 0.3) is 0 Å². The molecule has 1 fully saturated rings. The predicted molar refractivity (Wildman–Crippen MR) is 56.8 cm³/mol. The van der Waals surface area contributed by atoms with Gasteiger partial charge in [0.2, 0.25) is 0 Å². The first-order valence-electron chi connectivity index (χ1n) is 4.34. The zero-order valence-electron chi connectivity index (χ0n) is 7.95. The summed E-state index contributed by atoms with van der Waals surface area (Å²) in [6, 6.07) is 0.540. The molecule has 0 spiro atoms. The Labute approximate surface area is 82.4 Å². The summed E-state index contributed by atoms with van der Waals surface area (Å²) in [6.07, 6.45) is 1.19. The number of hydrogen-bond acceptors (Lipinski definition) is 3. The van der Waals surface area contributed by atoms with Gasteiger partial charge in [0.15, 0.2) is 0 Å². The van der Waals surface area contributed by atoms with Crippen LogP contribution in [0.5, 0.6) is 0 Å². The number of thioether (sulfide) groups is 1. The average Bonchev–Trinajstić information content (AvgIpc) is 2.53. The quantitative estimate of drug-likeness (QED) is 0.656. The Hall–Kier alpha value is 0.620. The Kier molecular flexibility index (Phi) is 4.23. The minimum atomic E-state index is -0.786. The molecule has 0 aromatic rings. The Balaban J connectivity index is 2.39. The molecule has 2 atom stereocenters. The molecule has 1 heterocycles. The Morgan fingerprint density at radius 2 is 2.25 bits per heavy atom. The molecule has 0 aliphatic carbocycles. The number of nitrogens with zero attached hydrogens (tertiary/aromatic N) is 1. The summed E-state index contributed by atoms with van der Waals surface area (Å²) in [6.45, 7) is 4.02. The van der Waals surface area contributed by atoms with Crippen molar-refractivity contribution in [3.63, 3.8) is 0 Å².